The highest BCUT2D eigenvalue weighted by Crippen LogP contribution is 2.41. The fourth-order valence-electron chi connectivity index (χ4n) is 3.92. The number of para-hydroxylation sites is 2. The average Bonchev–Trinajstić information content (AvgIpc) is 3.32. The van der Waals surface area contributed by atoms with Crippen molar-refractivity contribution >= 4 is 17.3 Å². The molecule has 6 heteroatoms. The highest BCUT2D eigenvalue weighted by Gasteiger charge is 2.42. The summed E-state index contributed by atoms with van der Waals surface area (Å²) in [6.45, 7) is 4.33. The molecular formula is C22H24N4OS. The van der Waals surface area contributed by atoms with Crippen LogP contribution in [0.3, 0.4) is 0 Å². The molecule has 1 aromatic carbocycles. The van der Waals surface area contributed by atoms with Crippen molar-refractivity contribution in [3.63, 3.8) is 0 Å². The van der Waals surface area contributed by atoms with Gasteiger partial charge in [-0.25, -0.2) is 0 Å². The van der Waals surface area contributed by atoms with Gasteiger partial charge in [0.1, 0.15) is 5.75 Å². The molecule has 3 aromatic rings. The number of hydrogen-bond acceptors (Lipinski definition) is 3. The number of rotatable bonds is 5. The molecule has 0 bridgehead atoms. The lowest BCUT2D eigenvalue weighted by atomic mass is 10.0. The lowest BCUT2D eigenvalue weighted by molar-refractivity contribution is 0.262. The molecule has 0 radical (unpaired) electrons. The molecule has 1 N–H and O–H groups in total. The SMILES string of the molecule is COc1ccccc1-n1cccc1[C@H]1[C@H](c2ccccn2)NC(=S)N1C(C)C. The zero-order valence-corrected chi connectivity index (χ0v) is 17.1. The molecule has 1 saturated heterocycles. The minimum Gasteiger partial charge on any atom is -0.495 e. The fraction of sp³-hybridized carbons (Fsp3) is 0.273. The minimum atomic E-state index is -0.0283. The van der Waals surface area contributed by atoms with Crippen LogP contribution >= 0.6 is 12.2 Å². The van der Waals surface area contributed by atoms with Gasteiger partial charge in [-0.05, 0) is 62.5 Å². The molecule has 5 nitrogen and oxygen atoms in total. The smallest absolute Gasteiger partial charge is 0.170 e. The summed E-state index contributed by atoms with van der Waals surface area (Å²) in [6.07, 6.45) is 3.90. The zero-order valence-electron chi connectivity index (χ0n) is 16.2. The predicted octanol–water partition coefficient (Wildman–Crippen LogP) is 4.26. The molecule has 1 aliphatic rings. The predicted molar refractivity (Wildman–Crippen MR) is 115 cm³/mol. The van der Waals surface area contributed by atoms with Crippen molar-refractivity contribution in [2.75, 3.05) is 7.11 Å². The van der Waals surface area contributed by atoms with E-state index in [1.54, 1.807) is 7.11 Å². The van der Waals surface area contributed by atoms with Crippen molar-refractivity contribution < 1.29 is 4.74 Å². The molecule has 0 spiro atoms. The first-order chi connectivity index (χ1) is 13.6. The summed E-state index contributed by atoms with van der Waals surface area (Å²) in [5.41, 5.74) is 3.12. The second kappa shape index (κ2) is 7.64. The van der Waals surface area contributed by atoms with Crippen LogP contribution in [0, 0.1) is 0 Å². The van der Waals surface area contributed by atoms with Gasteiger partial charge in [0, 0.05) is 24.1 Å². The quantitative estimate of drug-likeness (QED) is 0.657. The Balaban J connectivity index is 1.86. The molecule has 2 atom stereocenters. The lowest BCUT2D eigenvalue weighted by Crippen LogP contribution is -2.36. The molecule has 144 valence electrons. The van der Waals surface area contributed by atoms with Crippen molar-refractivity contribution in [2.24, 2.45) is 0 Å². The van der Waals surface area contributed by atoms with E-state index < -0.39 is 0 Å². The third-order valence-corrected chi connectivity index (χ3v) is 5.45. The van der Waals surface area contributed by atoms with Gasteiger partial charge in [0.25, 0.3) is 0 Å². The molecule has 4 rings (SSSR count). The van der Waals surface area contributed by atoms with E-state index >= 15 is 0 Å². The van der Waals surface area contributed by atoms with Crippen molar-refractivity contribution in [2.45, 2.75) is 32.0 Å². The Kier molecular flexibility index (Phi) is 5.05. The first-order valence-corrected chi connectivity index (χ1v) is 9.83. The Labute approximate surface area is 171 Å². The summed E-state index contributed by atoms with van der Waals surface area (Å²) in [5.74, 6) is 0.832. The Bertz CT molecular complexity index is 969. The minimum absolute atomic E-state index is 0.0160. The molecular weight excluding hydrogens is 368 g/mol. The molecule has 1 aliphatic heterocycles. The number of pyridine rings is 1. The standard InChI is InChI=1S/C22H24N4OS/c1-15(2)26-21(20(24-22(26)28)16-9-6-7-13-23-16)18-11-8-14-25(18)17-10-4-5-12-19(17)27-3/h4-15,20-21H,1-3H3,(H,24,28)/t20-,21-/m0/s1. The van der Waals surface area contributed by atoms with E-state index in [1.165, 1.54) is 0 Å². The number of aromatic nitrogens is 2. The number of nitrogens with zero attached hydrogens (tertiary/aromatic N) is 3. The summed E-state index contributed by atoms with van der Waals surface area (Å²) < 4.78 is 7.79. The number of methoxy groups -OCH3 is 1. The van der Waals surface area contributed by atoms with E-state index in [0.29, 0.717) is 0 Å². The normalized spacial score (nSPS) is 19.1. The number of ether oxygens (including phenoxy) is 1. The van der Waals surface area contributed by atoms with Crippen LogP contribution in [0.1, 0.15) is 37.3 Å². The van der Waals surface area contributed by atoms with Gasteiger partial charge in [-0.3, -0.25) is 4.98 Å². The molecule has 0 saturated carbocycles. The Morgan fingerprint density at radius 3 is 2.57 bits per heavy atom. The van der Waals surface area contributed by atoms with Crippen LogP contribution in [-0.4, -0.2) is 32.7 Å². The largest absolute Gasteiger partial charge is 0.495 e. The maximum Gasteiger partial charge on any atom is 0.170 e. The van der Waals surface area contributed by atoms with Gasteiger partial charge in [-0.2, -0.15) is 0 Å². The Morgan fingerprint density at radius 1 is 1.07 bits per heavy atom. The summed E-state index contributed by atoms with van der Waals surface area (Å²) in [7, 11) is 1.70. The lowest BCUT2D eigenvalue weighted by Gasteiger charge is -2.32. The third-order valence-electron chi connectivity index (χ3n) is 5.12. The second-order valence-electron chi connectivity index (χ2n) is 7.10. The van der Waals surface area contributed by atoms with Crippen LogP contribution in [0.2, 0.25) is 0 Å². The zero-order chi connectivity index (χ0) is 19.7. The molecule has 0 aliphatic carbocycles. The van der Waals surface area contributed by atoms with E-state index in [2.05, 4.69) is 58.0 Å². The van der Waals surface area contributed by atoms with E-state index in [4.69, 9.17) is 17.0 Å². The van der Waals surface area contributed by atoms with Gasteiger partial charge in [-0.1, -0.05) is 18.2 Å². The maximum atomic E-state index is 5.71. The van der Waals surface area contributed by atoms with Gasteiger partial charge in [0.2, 0.25) is 0 Å². The van der Waals surface area contributed by atoms with E-state index in [1.807, 2.05) is 42.6 Å². The summed E-state index contributed by atoms with van der Waals surface area (Å²) in [6, 6.07) is 18.5. The van der Waals surface area contributed by atoms with Crippen molar-refractivity contribution in [1.29, 1.82) is 0 Å². The second-order valence-corrected chi connectivity index (χ2v) is 7.49. The van der Waals surface area contributed by atoms with Crippen LogP contribution in [0.4, 0.5) is 0 Å². The number of nitrogens with one attached hydrogen (secondary N) is 1. The van der Waals surface area contributed by atoms with Gasteiger partial charge >= 0.3 is 0 Å². The van der Waals surface area contributed by atoms with Crippen LogP contribution in [-0.2, 0) is 0 Å². The van der Waals surface area contributed by atoms with Gasteiger partial charge in [0.15, 0.2) is 5.11 Å². The highest BCUT2D eigenvalue weighted by molar-refractivity contribution is 7.80. The van der Waals surface area contributed by atoms with Crippen LogP contribution in [0.25, 0.3) is 5.69 Å². The maximum absolute atomic E-state index is 5.71. The molecule has 1 fully saturated rings. The molecule has 0 unspecified atom stereocenters. The third kappa shape index (κ3) is 3.14. The Hall–Kier alpha value is -2.86. The van der Waals surface area contributed by atoms with Crippen LogP contribution in [0.5, 0.6) is 5.75 Å². The topological polar surface area (TPSA) is 42.3 Å². The molecule has 3 heterocycles. The van der Waals surface area contributed by atoms with E-state index in [0.717, 1.165) is 27.9 Å². The molecule has 2 aromatic heterocycles. The van der Waals surface area contributed by atoms with Crippen LogP contribution < -0.4 is 10.1 Å². The number of hydrogen-bond donors (Lipinski definition) is 1. The van der Waals surface area contributed by atoms with E-state index in [-0.39, 0.29) is 18.1 Å². The van der Waals surface area contributed by atoms with E-state index in [9.17, 15) is 0 Å². The van der Waals surface area contributed by atoms with Gasteiger partial charge in [-0.15, -0.1) is 0 Å². The monoisotopic (exact) mass is 392 g/mol. The van der Waals surface area contributed by atoms with Crippen molar-refractivity contribution in [3.8, 4) is 11.4 Å². The summed E-state index contributed by atoms with van der Waals surface area (Å²) in [4.78, 5) is 6.86. The van der Waals surface area contributed by atoms with Crippen molar-refractivity contribution in [3.05, 3.63) is 78.4 Å². The van der Waals surface area contributed by atoms with Crippen LogP contribution in [0.15, 0.2) is 67.0 Å². The first kappa shape index (κ1) is 18.5. The average molecular weight is 393 g/mol. The van der Waals surface area contributed by atoms with Crippen molar-refractivity contribution in [1.82, 2.24) is 19.8 Å². The first-order valence-electron chi connectivity index (χ1n) is 9.42. The van der Waals surface area contributed by atoms with Gasteiger partial charge < -0.3 is 19.5 Å². The molecule has 0 amide bonds. The number of thiocarbonyl (C=S) groups is 1. The highest BCUT2D eigenvalue weighted by atomic mass is 32.1. The Morgan fingerprint density at radius 2 is 1.86 bits per heavy atom. The number of benzene rings is 1. The summed E-state index contributed by atoms with van der Waals surface area (Å²) in [5, 5.41) is 4.25. The molecule has 28 heavy (non-hydrogen) atoms. The van der Waals surface area contributed by atoms with Gasteiger partial charge in [0.05, 0.1) is 30.6 Å². The summed E-state index contributed by atoms with van der Waals surface area (Å²) >= 11 is 5.71. The fourth-order valence-corrected chi connectivity index (χ4v) is 4.37.